The van der Waals surface area contributed by atoms with Crippen LogP contribution >= 0.6 is 0 Å². The van der Waals surface area contributed by atoms with Gasteiger partial charge in [-0.05, 0) is 49.4 Å². The fourth-order valence-electron chi connectivity index (χ4n) is 4.72. The number of para-hydroxylation sites is 1. The monoisotopic (exact) mass is 463 g/mol. The van der Waals surface area contributed by atoms with Crippen LogP contribution in [-0.4, -0.2) is 51.8 Å². The van der Waals surface area contributed by atoms with E-state index < -0.39 is 6.04 Å². The molecule has 2 atom stereocenters. The molecular weight excluding hydrogens is 426 g/mol. The van der Waals surface area contributed by atoms with E-state index in [-0.39, 0.29) is 25.3 Å². The predicted molar refractivity (Wildman–Crippen MR) is 137 cm³/mol. The molecular formula is C27H37N5O2. The number of amides is 2. The van der Waals surface area contributed by atoms with Crippen molar-refractivity contribution in [1.82, 2.24) is 14.8 Å². The van der Waals surface area contributed by atoms with Crippen LogP contribution in [0.4, 0.5) is 0 Å². The van der Waals surface area contributed by atoms with Crippen LogP contribution in [0.1, 0.15) is 43.7 Å². The Hall–Kier alpha value is -3.16. The number of nitrogens with one attached hydrogen (secondary N) is 1. The van der Waals surface area contributed by atoms with E-state index in [1.807, 2.05) is 47.9 Å². The van der Waals surface area contributed by atoms with Crippen LogP contribution in [0, 0.1) is 0 Å². The third-order valence-corrected chi connectivity index (χ3v) is 6.62. The Bertz CT molecular complexity index is 1150. The van der Waals surface area contributed by atoms with E-state index in [0.717, 1.165) is 17.8 Å². The van der Waals surface area contributed by atoms with Crippen molar-refractivity contribution >= 4 is 22.7 Å². The minimum atomic E-state index is -0.426. The zero-order valence-electron chi connectivity index (χ0n) is 19.4. The van der Waals surface area contributed by atoms with Crippen molar-refractivity contribution in [3.8, 4) is 0 Å². The maximum Gasteiger partial charge on any atom is 0.240 e. The molecule has 0 fully saturated rings. The molecule has 0 aliphatic carbocycles. The van der Waals surface area contributed by atoms with Crippen molar-refractivity contribution < 1.29 is 9.59 Å². The second kappa shape index (κ2) is 10.8. The van der Waals surface area contributed by atoms with Gasteiger partial charge in [0.2, 0.25) is 11.8 Å². The summed E-state index contributed by atoms with van der Waals surface area (Å²) in [4.78, 5) is 31.0. The average Bonchev–Trinajstić information content (AvgIpc) is 3.05. The van der Waals surface area contributed by atoms with E-state index in [2.05, 4.69) is 29.2 Å². The van der Waals surface area contributed by atoms with Crippen LogP contribution in [0.2, 0.25) is 0 Å². The summed E-state index contributed by atoms with van der Waals surface area (Å²) in [6, 6.07) is 15.5. The Morgan fingerprint density at radius 3 is 2.06 bits per heavy atom. The zero-order chi connectivity index (χ0) is 23.5. The van der Waals surface area contributed by atoms with Crippen molar-refractivity contribution in [3.63, 3.8) is 0 Å². The summed E-state index contributed by atoms with van der Waals surface area (Å²) in [6.07, 6.45) is 1.28. The molecule has 5 N–H and O–H groups in total. The normalized spacial score (nSPS) is 19.9. The van der Waals surface area contributed by atoms with Crippen LogP contribution in [0.25, 0.3) is 10.9 Å². The van der Waals surface area contributed by atoms with Gasteiger partial charge in [0.25, 0.3) is 0 Å². The molecule has 3 aromatic rings. The molecule has 0 spiro atoms. The van der Waals surface area contributed by atoms with E-state index in [1.165, 1.54) is 22.1 Å². The Balaban J connectivity index is 0.000000188. The number of fused-ring (bicyclic) bond motifs is 4. The number of likely N-dealkylation sites (N-methyl/N-ethyl adjacent to an activating group) is 2. The largest absolute Gasteiger partial charge is 0.357 e. The molecule has 7 heteroatoms. The van der Waals surface area contributed by atoms with Gasteiger partial charge in [-0.3, -0.25) is 9.59 Å². The van der Waals surface area contributed by atoms with Crippen molar-refractivity contribution in [1.29, 1.82) is 0 Å². The summed E-state index contributed by atoms with van der Waals surface area (Å²) < 4.78 is 0. The first-order chi connectivity index (χ1) is 15.9. The van der Waals surface area contributed by atoms with E-state index in [4.69, 9.17) is 11.5 Å². The topological polar surface area (TPSA) is 108 Å². The summed E-state index contributed by atoms with van der Waals surface area (Å²) in [7, 11) is 0. The van der Waals surface area contributed by atoms with E-state index in [9.17, 15) is 9.59 Å². The van der Waals surface area contributed by atoms with Gasteiger partial charge < -0.3 is 26.3 Å². The van der Waals surface area contributed by atoms with Crippen LogP contribution in [-0.2, 0) is 35.5 Å². The van der Waals surface area contributed by atoms with Crippen LogP contribution in [0.15, 0.2) is 48.5 Å². The molecule has 0 saturated heterocycles. The Kier molecular flexibility index (Phi) is 8.12. The molecule has 0 saturated carbocycles. The number of rotatable bonds is 2. The van der Waals surface area contributed by atoms with Crippen molar-refractivity contribution in [2.45, 2.75) is 59.3 Å². The number of nitrogens with zero attached hydrogens (tertiary/aromatic N) is 2. The van der Waals surface area contributed by atoms with Gasteiger partial charge in [-0.2, -0.15) is 0 Å². The highest BCUT2D eigenvalue weighted by Crippen LogP contribution is 2.27. The molecule has 0 unspecified atom stereocenters. The lowest BCUT2D eigenvalue weighted by Crippen LogP contribution is -2.42. The molecule has 0 radical (unpaired) electrons. The summed E-state index contributed by atoms with van der Waals surface area (Å²) >= 11 is 0. The van der Waals surface area contributed by atoms with Gasteiger partial charge >= 0.3 is 0 Å². The molecule has 182 valence electrons. The van der Waals surface area contributed by atoms with Gasteiger partial charge in [0.1, 0.15) is 0 Å². The van der Waals surface area contributed by atoms with Crippen molar-refractivity contribution in [2.75, 3.05) is 13.1 Å². The maximum absolute atomic E-state index is 12.1. The van der Waals surface area contributed by atoms with Gasteiger partial charge in [0.15, 0.2) is 0 Å². The van der Waals surface area contributed by atoms with Crippen LogP contribution in [0.5, 0.6) is 0 Å². The Morgan fingerprint density at radius 2 is 1.38 bits per heavy atom. The average molecular weight is 464 g/mol. The number of H-pyrrole nitrogens is 1. The maximum atomic E-state index is 12.1. The quantitative estimate of drug-likeness (QED) is 0.543. The summed E-state index contributed by atoms with van der Waals surface area (Å²) in [5.74, 6) is 0.111. The predicted octanol–water partition coefficient (Wildman–Crippen LogP) is 2.95. The van der Waals surface area contributed by atoms with Crippen LogP contribution in [0.3, 0.4) is 0 Å². The fraction of sp³-hybridized carbons (Fsp3) is 0.407. The first-order valence-electron chi connectivity index (χ1n) is 11.7. The van der Waals surface area contributed by atoms with Gasteiger partial charge in [-0.1, -0.05) is 49.9 Å². The lowest BCUT2D eigenvalue weighted by molar-refractivity contribution is -0.133. The zero-order valence-corrected chi connectivity index (χ0v) is 19.4. The molecule has 0 bridgehead atoms. The molecule has 2 amide bonds. The smallest absolute Gasteiger partial charge is 0.240 e. The molecule has 1 aromatic heterocycles. The molecule has 2 aromatic carbocycles. The fourth-order valence-corrected chi connectivity index (χ4v) is 4.72. The second-order valence-corrected chi connectivity index (χ2v) is 8.72. The van der Waals surface area contributed by atoms with E-state index in [0.29, 0.717) is 32.5 Å². The number of hydrogen-bond acceptors (Lipinski definition) is 4. The third-order valence-electron chi connectivity index (χ3n) is 6.62. The standard InChI is InChI=1S/C14H17N3O.C12H16N2O.CH4/c1-2-17-8-13-10(7-11(15)14(17)18)9-5-3-4-6-12(9)16-13;1-2-14-8-10-6-4-3-5-9(10)7-11(13)12(14)15;/h3-6,11,16H,2,7-8,15H2,1H3;3-6,11H,2,7-8,13H2,1H3;1H4/t2*11-;/m00./s1. The number of hydrogen-bond donors (Lipinski definition) is 3. The molecule has 2 aliphatic rings. The first-order valence-corrected chi connectivity index (χ1v) is 11.7. The number of aromatic amines is 1. The molecule has 3 heterocycles. The van der Waals surface area contributed by atoms with E-state index in [1.54, 1.807) is 0 Å². The highest BCUT2D eigenvalue weighted by Gasteiger charge is 2.28. The first kappa shape index (κ1) is 25.5. The highest BCUT2D eigenvalue weighted by atomic mass is 16.2. The van der Waals surface area contributed by atoms with Gasteiger partial charge in [-0.25, -0.2) is 0 Å². The molecule has 34 heavy (non-hydrogen) atoms. The number of benzene rings is 2. The van der Waals surface area contributed by atoms with E-state index >= 15 is 0 Å². The van der Waals surface area contributed by atoms with Crippen LogP contribution < -0.4 is 11.5 Å². The molecule has 7 nitrogen and oxygen atoms in total. The third kappa shape index (κ3) is 5.00. The van der Waals surface area contributed by atoms with Gasteiger partial charge in [0.05, 0.1) is 18.6 Å². The number of nitrogens with two attached hydrogens (primary N) is 2. The summed E-state index contributed by atoms with van der Waals surface area (Å²) in [5.41, 5.74) is 17.7. The summed E-state index contributed by atoms with van der Waals surface area (Å²) in [6.45, 7) is 6.71. The molecule has 5 rings (SSSR count). The lowest BCUT2D eigenvalue weighted by Gasteiger charge is -2.20. The van der Waals surface area contributed by atoms with Crippen molar-refractivity contribution in [2.24, 2.45) is 11.5 Å². The molecule has 2 aliphatic heterocycles. The second-order valence-electron chi connectivity index (χ2n) is 8.72. The summed E-state index contributed by atoms with van der Waals surface area (Å²) in [5, 5.41) is 1.19. The number of carbonyl (C=O) groups excluding carboxylic acids is 2. The SMILES string of the molecule is C.CCN1Cc2[nH]c3ccccc3c2C[C@H](N)C1=O.CCN1Cc2ccccc2C[C@H](N)C1=O. The Labute approximate surface area is 202 Å². The minimum absolute atomic E-state index is 0. The minimum Gasteiger partial charge on any atom is -0.357 e. The Morgan fingerprint density at radius 1 is 0.824 bits per heavy atom. The van der Waals surface area contributed by atoms with Gasteiger partial charge in [0, 0.05) is 36.2 Å². The lowest BCUT2D eigenvalue weighted by atomic mass is 10.0. The number of carbonyl (C=O) groups is 2. The number of aromatic nitrogens is 1. The highest BCUT2D eigenvalue weighted by molar-refractivity contribution is 5.88. The van der Waals surface area contributed by atoms with Crippen molar-refractivity contribution in [3.05, 3.63) is 70.9 Å². The van der Waals surface area contributed by atoms with Gasteiger partial charge in [-0.15, -0.1) is 0 Å².